The van der Waals surface area contributed by atoms with Crippen LogP contribution in [0.2, 0.25) is 0 Å². The van der Waals surface area contributed by atoms with Gasteiger partial charge in [0.1, 0.15) is 18.0 Å². The zero-order valence-corrected chi connectivity index (χ0v) is 25.6. The molecule has 47 heavy (non-hydrogen) atoms. The Morgan fingerprint density at radius 1 is 1.15 bits per heavy atom. The van der Waals surface area contributed by atoms with E-state index in [0.29, 0.717) is 28.3 Å². The van der Waals surface area contributed by atoms with Crippen LogP contribution in [0.4, 0.5) is 33.6 Å². The molecule has 3 aromatic heterocycles. The number of likely N-dealkylation sites (tertiary alicyclic amines) is 1. The first-order chi connectivity index (χ1) is 22.3. The molecule has 2 unspecified atom stereocenters. The lowest BCUT2D eigenvalue weighted by molar-refractivity contribution is -0.138. The van der Waals surface area contributed by atoms with Crippen molar-refractivity contribution < 1.29 is 27.1 Å². The molecule has 0 amide bonds. The van der Waals surface area contributed by atoms with Gasteiger partial charge in [-0.1, -0.05) is 0 Å². The maximum Gasteiger partial charge on any atom is 0.416 e. The highest BCUT2D eigenvalue weighted by Crippen LogP contribution is 2.44. The maximum atomic E-state index is 14.4. The summed E-state index contributed by atoms with van der Waals surface area (Å²) in [5, 5.41) is 32.2. The van der Waals surface area contributed by atoms with Gasteiger partial charge in [-0.3, -0.25) is 9.88 Å². The van der Waals surface area contributed by atoms with Crippen molar-refractivity contribution >= 4 is 11.6 Å². The third-order valence-electron chi connectivity index (χ3n) is 8.55. The fourth-order valence-corrected chi connectivity index (χ4v) is 5.99. The standard InChI is InChI=1S/C32H32F5N9O/c1-19(13-38)14-40-27-11-21(24-15-39-6-3-22(24)29-43-41-18-44(29)2)12-28(42-27)46-17-25-23(30(46)47)9-20(10-26(25)32(35,36)37)16-45-7-4-31(33,34)5-8-45/h3,6,9-12,15,18-19,30,47H,4-5,7-8,14,16-17H2,1-2H3,(H,40,42). The number of benzene rings is 1. The first-order valence-electron chi connectivity index (χ1n) is 15.0. The Morgan fingerprint density at radius 3 is 2.60 bits per heavy atom. The topological polar surface area (TPSA) is 119 Å². The summed E-state index contributed by atoms with van der Waals surface area (Å²) in [6.45, 7) is 1.86. The molecular weight excluding hydrogens is 621 g/mol. The molecule has 1 fully saturated rings. The van der Waals surface area contributed by atoms with Crippen LogP contribution in [0.1, 0.15) is 48.2 Å². The van der Waals surface area contributed by atoms with E-state index in [-0.39, 0.29) is 74.0 Å². The van der Waals surface area contributed by atoms with Gasteiger partial charge in [-0.05, 0) is 53.9 Å². The first kappa shape index (κ1) is 32.3. The third kappa shape index (κ3) is 6.75. The van der Waals surface area contributed by atoms with Crippen molar-refractivity contribution in [2.75, 3.05) is 29.9 Å². The minimum absolute atomic E-state index is 0.0455. The summed E-state index contributed by atoms with van der Waals surface area (Å²) in [5.74, 6) is -2.05. The highest BCUT2D eigenvalue weighted by atomic mass is 19.4. The lowest BCUT2D eigenvalue weighted by atomic mass is 9.97. The van der Waals surface area contributed by atoms with Crippen molar-refractivity contribution in [3.05, 3.63) is 71.3 Å². The van der Waals surface area contributed by atoms with E-state index in [1.807, 2.05) is 0 Å². The van der Waals surface area contributed by atoms with Gasteiger partial charge in [0.15, 0.2) is 12.1 Å². The molecule has 0 spiro atoms. The third-order valence-corrected chi connectivity index (χ3v) is 8.55. The van der Waals surface area contributed by atoms with Crippen LogP contribution in [0.25, 0.3) is 22.5 Å². The molecule has 1 saturated heterocycles. The number of fused-ring (bicyclic) bond motifs is 1. The van der Waals surface area contributed by atoms with Gasteiger partial charge in [-0.2, -0.15) is 18.4 Å². The molecule has 2 N–H and O–H groups in total. The van der Waals surface area contributed by atoms with E-state index in [1.54, 1.807) is 60.4 Å². The van der Waals surface area contributed by atoms with E-state index in [1.165, 1.54) is 11.0 Å². The summed E-state index contributed by atoms with van der Waals surface area (Å²) in [6, 6.07) is 9.88. The van der Waals surface area contributed by atoms with Gasteiger partial charge >= 0.3 is 6.18 Å². The molecule has 0 radical (unpaired) electrons. The number of nitrogens with one attached hydrogen (secondary N) is 1. The summed E-state index contributed by atoms with van der Waals surface area (Å²) in [6.07, 6.45) is -2.12. The highest BCUT2D eigenvalue weighted by molar-refractivity contribution is 5.82. The number of nitriles is 1. The van der Waals surface area contributed by atoms with Gasteiger partial charge in [0, 0.05) is 81.7 Å². The Kier molecular flexibility index (Phi) is 8.58. The number of aliphatic hydroxyl groups is 1. The van der Waals surface area contributed by atoms with Gasteiger partial charge in [-0.25, -0.2) is 13.8 Å². The Bertz CT molecular complexity index is 1810. The predicted molar refractivity (Wildman–Crippen MR) is 163 cm³/mol. The molecule has 2 atom stereocenters. The van der Waals surface area contributed by atoms with Crippen molar-refractivity contribution in [2.24, 2.45) is 13.0 Å². The average Bonchev–Trinajstić information content (AvgIpc) is 3.62. The van der Waals surface area contributed by atoms with Crippen LogP contribution >= 0.6 is 0 Å². The molecule has 246 valence electrons. The van der Waals surface area contributed by atoms with E-state index in [2.05, 4.69) is 31.6 Å². The van der Waals surface area contributed by atoms with E-state index in [9.17, 15) is 32.3 Å². The van der Waals surface area contributed by atoms with Crippen LogP contribution in [0, 0.1) is 17.2 Å². The van der Waals surface area contributed by atoms with Crippen molar-refractivity contribution in [3.63, 3.8) is 0 Å². The van der Waals surface area contributed by atoms with Gasteiger partial charge in [0.2, 0.25) is 0 Å². The van der Waals surface area contributed by atoms with Crippen molar-refractivity contribution in [1.82, 2.24) is 29.6 Å². The van der Waals surface area contributed by atoms with Gasteiger partial charge in [0.25, 0.3) is 5.92 Å². The van der Waals surface area contributed by atoms with Crippen LogP contribution in [0.3, 0.4) is 0 Å². The molecule has 5 heterocycles. The summed E-state index contributed by atoms with van der Waals surface area (Å²) in [4.78, 5) is 12.0. The lowest BCUT2D eigenvalue weighted by Gasteiger charge is -2.32. The Hall–Kier alpha value is -4.68. The van der Waals surface area contributed by atoms with Crippen LogP contribution in [0.15, 0.2) is 49.1 Å². The number of rotatable bonds is 8. The van der Waals surface area contributed by atoms with Crippen molar-refractivity contribution in [3.8, 4) is 28.6 Å². The van der Waals surface area contributed by atoms with E-state index < -0.39 is 23.9 Å². The molecule has 0 aliphatic carbocycles. The number of aliphatic hydroxyl groups excluding tert-OH is 1. The Balaban J connectivity index is 1.39. The SMILES string of the molecule is CC(C#N)CNc1cc(-c2cnccc2-c2nncn2C)cc(N2Cc3c(cc(CN4CCC(F)(F)CC4)cc3C(F)(F)F)C2O)n1. The summed E-state index contributed by atoms with van der Waals surface area (Å²) >= 11 is 0. The number of pyridine rings is 2. The van der Waals surface area contributed by atoms with Crippen LogP contribution in [0.5, 0.6) is 0 Å². The average molecular weight is 654 g/mol. The number of aryl methyl sites for hydroxylation is 1. The lowest BCUT2D eigenvalue weighted by Crippen LogP contribution is -2.38. The summed E-state index contributed by atoms with van der Waals surface area (Å²) < 4.78 is 72.5. The smallest absolute Gasteiger partial charge is 0.369 e. The molecular formula is C32H32F5N9O. The number of piperidine rings is 1. The second kappa shape index (κ2) is 12.5. The highest BCUT2D eigenvalue weighted by Gasteiger charge is 2.41. The fraction of sp³-hybridized carbons (Fsp3) is 0.406. The predicted octanol–water partition coefficient (Wildman–Crippen LogP) is 5.77. The zero-order valence-electron chi connectivity index (χ0n) is 25.6. The minimum Gasteiger partial charge on any atom is -0.369 e. The number of nitrogens with zero attached hydrogens (tertiary/aromatic N) is 8. The molecule has 0 saturated carbocycles. The van der Waals surface area contributed by atoms with Gasteiger partial charge in [-0.15, -0.1) is 10.2 Å². The number of halogens is 5. The molecule has 6 rings (SSSR count). The van der Waals surface area contributed by atoms with Crippen LogP contribution < -0.4 is 10.2 Å². The maximum absolute atomic E-state index is 14.4. The van der Waals surface area contributed by atoms with Crippen molar-refractivity contribution in [1.29, 1.82) is 5.26 Å². The fourth-order valence-electron chi connectivity index (χ4n) is 5.99. The quantitative estimate of drug-likeness (QED) is 0.229. The minimum atomic E-state index is -4.72. The Morgan fingerprint density at radius 2 is 1.91 bits per heavy atom. The van der Waals surface area contributed by atoms with E-state index >= 15 is 0 Å². The van der Waals surface area contributed by atoms with E-state index in [4.69, 9.17) is 0 Å². The molecule has 15 heteroatoms. The Labute approximate surface area is 267 Å². The molecule has 2 aliphatic heterocycles. The second-order valence-corrected chi connectivity index (χ2v) is 12.0. The molecule has 0 bridgehead atoms. The van der Waals surface area contributed by atoms with E-state index in [0.717, 1.165) is 6.07 Å². The van der Waals surface area contributed by atoms with Crippen LogP contribution in [-0.2, 0) is 26.3 Å². The zero-order chi connectivity index (χ0) is 33.5. The van der Waals surface area contributed by atoms with Gasteiger partial charge < -0.3 is 19.9 Å². The van der Waals surface area contributed by atoms with Gasteiger partial charge in [0.05, 0.1) is 17.6 Å². The number of anilines is 2. The number of aromatic nitrogens is 5. The molecule has 10 nitrogen and oxygen atoms in total. The normalized spacial score (nSPS) is 18.5. The molecule has 2 aliphatic rings. The molecule has 4 aromatic rings. The first-order valence-corrected chi connectivity index (χ1v) is 15.0. The second-order valence-electron chi connectivity index (χ2n) is 12.0. The monoisotopic (exact) mass is 653 g/mol. The van der Waals surface area contributed by atoms with Crippen LogP contribution in [-0.4, -0.2) is 60.3 Å². The number of hydrogen-bond acceptors (Lipinski definition) is 9. The number of alkyl halides is 5. The molecule has 1 aromatic carbocycles. The summed E-state index contributed by atoms with van der Waals surface area (Å²) in [5.41, 5.74) is 1.31. The summed E-state index contributed by atoms with van der Waals surface area (Å²) in [7, 11) is 1.79. The largest absolute Gasteiger partial charge is 0.416 e. The number of hydrogen-bond donors (Lipinski definition) is 2. The van der Waals surface area contributed by atoms with Crippen molar-refractivity contribution in [2.45, 2.75) is 51.2 Å².